The van der Waals surface area contributed by atoms with Crippen molar-refractivity contribution in [3.63, 3.8) is 0 Å². The molecule has 2 atom stereocenters. The number of aromatic nitrogens is 2. The average molecular weight is 281 g/mol. The Hall–Kier alpha value is -1.85. The summed E-state index contributed by atoms with van der Waals surface area (Å²) in [4.78, 5) is 23.4. The standard InChI is InChI=1S/C14H23N3O3/c1-7(2)12(14(19)20)15-13(18)8(3)11-9(4)16-17(6)10(11)5/h7-8,12H,1-6H3,(H,15,18)(H,19,20)/t8?,12-/m0/s1. The highest BCUT2D eigenvalue weighted by Crippen LogP contribution is 2.23. The molecular formula is C14H23N3O3. The molecule has 1 unspecified atom stereocenters. The molecule has 1 rings (SSSR count). The van der Waals surface area contributed by atoms with Crippen molar-refractivity contribution in [3.05, 3.63) is 17.0 Å². The SMILES string of the molecule is Cc1nn(C)c(C)c1C(C)C(=O)N[C@H](C(=O)O)C(C)C. The first-order chi connectivity index (χ1) is 9.16. The maximum absolute atomic E-state index is 12.3. The Morgan fingerprint density at radius 2 is 1.80 bits per heavy atom. The van der Waals surface area contributed by atoms with E-state index in [-0.39, 0.29) is 11.8 Å². The number of carbonyl (C=O) groups is 2. The number of nitrogens with one attached hydrogen (secondary N) is 1. The lowest BCUT2D eigenvalue weighted by Gasteiger charge is -2.20. The van der Waals surface area contributed by atoms with E-state index in [1.807, 2.05) is 20.9 Å². The quantitative estimate of drug-likeness (QED) is 0.853. The number of hydrogen-bond donors (Lipinski definition) is 2. The van der Waals surface area contributed by atoms with Crippen LogP contribution in [0.4, 0.5) is 0 Å². The normalized spacial score (nSPS) is 14.2. The summed E-state index contributed by atoms with van der Waals surface area (Å²) in [5.74, 6) is -1.89. The van der Waals surface area contributed by atoms with Gasteiger partial charge >= 0.3 is 5.97 Å². The van der Waals surface area contributed by atoms with E-state index in [2.05, 4.69) is 10.4 Å². The third kappa shape index (κ3) is 3.18. The third-order valence-corrected chi connectivity index (χ3v) is 3.62. The van der Waals surface area contributed by atoms with Gasteiger partial charge in [0.25, 0.3) is 0 Å². The fraction of sp³-hybridized carbons (Fsp3) is 0.643. The number of aliphatic carboxylic acids is 1. The van der Waals surface area contributed by atoms with Gasteiger partial charge < -0.3 is 10.4 Å². The molecule has 0 saturated carbocycles. The Morgan fingerprint density at radius 1 is 1.25 bits per heavy atom. The predicted molar refractivity (Wildman–Crippen MR) is 75.5 cm³/mol. The largest absolute Gasteiger partial charge is 0.480 e. The van der Waals surface area contributed by atoms with Crippen LogP contribution in [0.25, 0.3) is 0 Å². The summed E-state index contributed by atoms with van der Waals surface area (Å²) in [6.07, 6.45) is 0. The van der Waals surface area contributed by atoms with Crippen molar-refractivity contribution in [1.29, 1.82) is 0 Å². The van der Waals surface area contributed by atoms with Gasteiger partial charge in [-0.25, -0.2) is 4.79 Å². The molecule has 6 nitrogen and oxygen atoms in total. The minimum atomic E-state index is -1.01. The Bertz CT molecular complexity index is 520. The molecule has 1 amide bonds. The molecule has 20 heavy (non-hydrogen) atoms. The summed E-state index contributed by atoms with van der Waals surface area (Å²) in [6.45, 7) is 9.06. The first-order valence-electron chi connectivity index (χ1n) is 6.70. The maximum atomic E-state index is 12.3. The van der Waals surface area contributed by atoms with E-state index < -0.39 is 17.9 Å². The van der Waals surface area contributed by atoms with Crippen LogP contribution in [-0.4, -0.2) is 32.8 Å². The smallest absolute Gasteiger partial charge is 0.326 e. The van der Waals surface area contributed by atoms with E-state index in [0.29, 0.717) is 0 Å². The fourth-order valence-electron chi connectivity index (χ4n) is 2.34. The number of rotatable bonds is 5. The summed E-state index contributed by atoms with van der Waals surface area (Å²) >= 11 is 0. The minimum absolute atomic E-state index is 0.167. The van der Waals surface area contributed by atoms with E-state index >= 15 is 0 Å². The molecule has 0 saturated heterocycles. The lowest BCUT2D eigenvalue weighted by Crippen LogP contribution is -2.45. The van der Waals surface area contributed by atoms with Crippen molar-refractivity contribution < 1.29 is 14.7 Å². The van der Waals surface area contributed by atoms with Crippen LogP contribution >= 0.6 is 0 Å². The highest BCUT2D eigenvalue weighted by atomic mass is 16.4. The first kappa shape index (κ1) is 16.2. The number of aryl methyl sites for hydroxylation is 2. The second-order valence-corrected chi connectivity index (χ2v) is 5.50. The van der Waals surface area contributed by atoms with Gasteiger partial charge in [0.05, 0.1) is 11.6 Å². The predicted octanol–water partition coefficient (Wildman–Crippen LogP) is 1.37. The van der Waals surface area contributed by atoms with Gasteiger partial charge in [0.15, 0.2) is 0 Å². The van der Waals surface area contributed by atoms with Gasteiger partial charge in [0, 0.05) is 18.3 Å². The summed E-state index contributed by atoms with van der Waals surface area (Å²) in [5.41, 5.74) is 2.57. The third-order valence-electron chi connectivity index (χ3n) is 3.62. The first-order valence-corrected chi connectivity index (χ1v) is 6.70. The Kier molecular flexibility index (Phi) is 4.92. The van der Waals surface area contributed by atoms with Crippen molar-refractivity contribution >= 4 is 11.9 Å². The topological polar surface area (TPSA) is 84.2 Å². The molecule has 0 spiro atoms. The van der Waals surface area contributed by atoms with Crippen LogP contribution in [-0.2, 0) is 16.6 Å². The van der Waals surface area contributed by atoms with Gasteiger partial charge in [-0.3, -0.25) is 9.48 Å². The molecule has 1 aromatic heterocycles. The highest BCUT2D eigenvalue weighted by Gasteiger charge is 2.28. The lowest BCUT2D eigenvalue weighted by molar-refractivity contribution is -0.143. The Morgan fingerprint density at radius 3 is 2.15 bits per heavy atom. The monoisotopic (exact) mass is 281 g/mol. The van der Waals surface area contributed by atoms with Crippen molar-refractivity contribution in [2.24, 2.45) is 13.0 Å². The molecule has 1 aromatic rings. The second kappa shape index (κ2) is 6.07. The van der Waals surface area contributed by atoms with Crippen LogP contribution in [0.3, 0.4) is 0 Å². The summed E-state index contributed by atoms with van der Waals surface area (Å²) in [5, 5.41) is 16.0. The Labute approximate surface area is 119 Å². The zero-order chi connectivity index (χ0) is 15.6. The molecule has 112 valence electrons. The van der Waals surface area contributed by atoms with E-state index in [1.165, 1.54) is 0 Å². The summed E-state index contributed by atoms with van der Waals surface area (Å²) in [6, 6.07) is -0.873. The molecule has 0 aliphatic carbocycles. The van der Waals surface area contributed by atoms with Crippen molar-refractivity contribution in [3.8, 4) is 0 Å². The van der Waals surface area contributed by atoms with E-state index in [4.69, 9.17) is 5.11 Å². The number of amides is 1. The number of carboxylic acids is 1. The van der Waals surface area contributed by atoms with Gasteiger partial charge in [-0.2, -0.15) is 5.10 Å². The second-order valence-electron chi connectivity index (χ2n) is 5.50. The fourth-order valence-corrected chi connectivity index (χ4v) is 2.34. The average Bonchev–Trinajstić information content (AvgIpc) is 2.58. The van der Waals surface area contributed by atoms with Crippen molar-refractivity contribution in [2.45, 2.75) is 46.6 Å². The van der Waals surface area contributed by atoms with Crippen molar-refractivity contribution in [2.75, 3.05) is 0 Å². The summed E-state index contributed by atoms with van der Waals surface area (Å²) < 4.78 is 1.73. The number of nitrogens with zero attached hydrogens (tertiary/aromatic N) is 2. The molecule has 0 aliphatic heterocycles. The zero-order valence-corrected chi connectivity index (χ0v) is 12.9. The maximum Gasteiger partial charge on any atom is 0.326 e. The van der Waals surface area contributed by atoms with Crippen LogP contribution in [0, 0.1) is 19.8 Å². The molecule has 1 heterocycles. The van der Waals surface area contributed by atoms with Gasteiger partial charge in [-0.05, 0) is 26.7 Å². The lowest BCUT2D eigenvalue weighted by atomic mass is 9.96. The highest BCUT2D eigenvalue weighted by molar-refractivity contribution is 5.88. The van der Waals surface area contributed by atoms with Crippen LogP contribution in [0.5, 0.6) is 0 Å². The Balaban J connectivity index is 2.94. The zero-order valence-electron chi connectivity index (χ0n) is 12.9. The molecule has 0 aliphatic rings. The molecule has 0 bridgehead atoms. The van der Waals surface area contributed by atoms with E-state index in [1.54, 1.807) is 25.5 Å². The van der Waals surface area contributed by atoms with Gasteiger partial charge in [-0.15, -0.1) is 0 Å². The number of carbonyl (C=O) groups excluding carboxylic acids is 1. The van der Waals surface area contributed by atoms with Crippen LogP contribution < -0.4 is 5.32 Å². The number of carboxylic acid groups (broad SMARTS) is 1. The van der Waals surface area contributed by atoms with Gasteiger partial charge in [-0.1, -0.05) is 13.8 Å². The van der Waals surface area contributed by atoms with Crippen LogP contribution in [0.15, 0.2) is 0 Å². The minimum Gasteiger partial charge on any atom is -0.480 e. The van der Waals surface area contributed by atoms with E-state index in [0.717, 1.165) is 17.0 Å². The molecule has 0 fully saturated rings. The molecule has 6 heteroatoms. The van der Waals surface area contributed by atoms with Crippen LogP contribution in [0.2, 0.25) is 0 Å². The van der Waals surface area contributed by atoms with Crippen molar-refractivity contribution in [1.82, 2.24) is 15.1 Å². The van der Waals surface area contributed by atoms with Crippen LogP contribution in [0.1, 0.15) is 43.6 Å². The molecule has 0 radical (unpaired) electrons. The van der Waals surface area contributed by atoms with Gasteiger partial charge in [0.1, 0.15) is 6.04 Å². The molecule has 2 N–H and O–H groups in total. The number of hydrogen-bond acceptors (Lipinski definition) is 3. The molecule has 0 aromatic carbocycles. The molecular weight excluding hydrogens is 258 g/mol. The van der Waals surface area contributed by atoms with E-state index in [9.17, 15) is 9.59 Å². The van der Waals surface area contributed by atoms with Gasteiger partial charge in [0.2, 0.25) is 5.91 Å². The summed E-state index contributed by atoms with van der Waals surface area (Å²) in [7, 11) is 1.82.